The van der Waals surface area contributed by atoms with E-state index in [4.69, 9.17) is 4.74 Å². The Morgan fingerprint density at radius 1 is 1.06 bits per heavy atom. The summed E-state index contributed by atoms with van der Waals surface area (Å²) in [5.74, 6) is -0.0171. The van der Waals surface area contributed by atoms with E-state index in [0.717, 1.165) is 5.69 Å². The van der Waals surface area contributed by atoms with Crippen LogP contribution in [0.15, 0.2) is 24.3 Å². The Bertz CT molecular complexity index is 985. The van der Waals surface area contributed by atoms with E-state index >= 15 is 0 Å². The molecule has 1 aromatic carbocycles. The Morgan fingerprint density at radius 3 is 2.34 bits per heavy atom. The fourth-order valence-corrected chi connectivity index (χ4v) is 6.41. The highest BCUT2D eigenvalue weighted by atomic mass is 32.2. The Kier molecular flexibility index (Phi) is 6.41. The van der Waals surface area contributed by atoms with Crippen LogP contribution < -0.4 is 15.0 Å². The van der Waals surface area contributed by atoms with E-state index in [1.807, 2.05) is 12.1 Å². The molecule has 0 radical (unpaired) electrons. The lowest BCUT2D eigenvalue weighted by Crippen LogP contribution is -2.47. The first kappa shape index (κ1) is 22.6. The molecule has 1 aromatic rings. The van der Waals surface area contributed by atoms with Crippen molar-refractivity contribution in [2.24, 2.45) is 11.8 Å². The number of rotatable bonds is 5. The molecule has 0 spiro atoms. The number of hydrogen-bond donors (Lipinski definition) is 1. The van der Waals surface area contributed by atoms with Gasteiger partial charge < -0.3 is 19.9 Å². The lowest BCUT2D eigenvalue weighted by Gasteiger charge is -2.33. The number of benzene rings is 1. The molecular weight excluding hydrogens is 434 g/mol. The van der Waals surface area contributed by atoms with E-state index in [2.05, 4.69) is 5.32 Å². The third-order valence-electron chi connectivity index (χ3n) is 6.61. The monoisotopic (exact) mass is 463 g/mol. The van der Waals surface area contributed by atoms with Gasteiger partial charge in [-0.25, -0.2) is 8.42 Å². The van der Waals surface area contributed by atoms with Crippen molar-refractivity contribution < 1.29 is 27.5 Å². The zero-order valence-corrected chi connectivity index (χ0v) is 19.0. The number of amides is 3. The van der Waals surface area contributed by atoms with Crippen molar-refractivity contribution in [1.29, 1.82) is 0 Å². The molecule has 3 fully saturated rings. The number of ether oxygens (including phenoxy) is 1. The maximum atomic E-state index is 13.0. The summed E-state index contributed by atoms with van der Waals surface area (Å²) in [4.78, 5) is 41.4. The molecule has 9 nitrogen and oxygen atoms in total. The van der Waals surface area contributed by atoms with Gasteiger partial charge in [-0.15, -0.1) is 0 Å². The number of likely N-dealkylation sites (tertiary alicyclic amines) is 1. The van der Waals surface area contributed by atoms with E-state index in [0.29, 0.717) is 44.6 Å². The van der Waals surface area contributed by atoms with Crippen LogP contribution in [0.4, 0.5) is 5.69 Å². The standard InChI is InChI=1S/C22H29N3O6S/c1-31-19-4-2-18(3-5-19)25-13-16(12-20(25)26)22(28)24-9-6-15(7-10-24)21(27)23-17-8-11-32(29,30)14-17/h2-5,15-17H,6-14H2,1H3,(H,23,27)/t16-,17-/m1/s1. The molecule has 0 aliphatic carbocycles. The fourth-order valence-electron chi connectivity index (χ4n) is 4.73. The number of methoxy groups -OCH3 is 1. The minimum absolute atomic E-state index is 0.0104. The largest absolute Gasteiger partial charge is 0.497 e. The molecule has 0 aromatic heterocycles. The number of anilines is 1. The number of nitrogens with one attached hydrogen (secondary N) is 1. The Balaban J connectivity index is 1.28. The summed E-state index contributed by atoms with van der Waals surface area (Å²) in [7, 11) is -1.46. The lowest BCUT2D eigenvalue weighted by atomic mass is 9.94. The average molecular weight is 464 g/mol. The summed E-state index contributed by atoms with van der Waals surface area (Å²) in [6.45, 7) is 1.28. The fraction of sp³-hybridized carbons (Fsp3) is 0.591. The second kappa shape index (κ2) is 9.09. The minimum atomic E-state index is -3.04. The number of nitrogens with zero attached hydrogens (tertiary/aromatic N) is 2. The van der Waals surface area contributed by atoms with Crippen molar-refractivity contribution in [3.05, 3.63) is 24.3 Å². The molecule has 10 heteroatoms. The van der Waals surface area contributed by atoms with Gasteiger partial charge in [0.1, 0.15) is 5.75 Å². The first-order valence-corrected chi connectivity index (χ1v) is 12.8. The van der Waals surface area contributed by atoms with Gasteiger partial charge in [0.2, 0.25) is 17.7 Å². The SMILES string of the molecule is COc1ccc(N2C[C@H](C(=O)N3CCC(C(=O)N[C@@H]4CCS(=O)(=O)C4)CC3)CC2=O)cc1. The smallest absolute Gasteiger partial charge is 0.228 e. The van der Waals surface area contributed by atoms with E-state index in [1.54, 1.807) is 29.0 Å². The topological polar surface area (TPSA) is 113 Å². The second-order valence-electron chi connectivity index (χ2n) is 8.81. The number of hydrogen-bond acceptors (Lipinski definition) is 6. The van der Waals surface area contributed by atoms with Crippen LogP contribution in [0.3, 0.4) is 0 Å². The molecule has 1 N–H and O–H groups in total. The molecule has 2 atom stereocenters. The molecule has 3 aliphatic rings. The maximum absolute atomic E-state index is 13.0. The van der Waals surface area contributed by atoms with Crippen molar-refractivity contribution in [2.75, 3.05) is 43.1 Å². The highest BCUT2D eigenvalue weighted by molar-refractivity contribution is 7.91. The third-order valence-corrected chi connectivity index (χ3v) is 8.38. The van der Waals surface area contributed by atoms with Crippen molar-refractivity contribution >= 4 is 33.2 Å². The summed E-state index contributed by atoms with van der Waals surface area (Å²) in [6, 6.07) is 6.89. The number of sulfone groups is 1. The Labute approximate surface area is 188 Å². The average Bonchev–Trinajstić information content (AvgIpc) is 3.34. The van der Waals surface area contributed by atoms with Crippen LogP contribution in [-0.2, 0) is 24.2 Å². The van der Waals surface area contributed by atoms with Gasteiger partial charge in [-0.05, 0) is 43.5 Å². The third kappa shape index (κ3) is 4.90. The van der Waals surface area contributed by atoms with Gasteiger partial charge in [0.15, 0.2) is 9.84 Å². The van der Waals surface area contributed by atoms with Gasteiger partial charge in [-0.2, -0.15) is 0 Å². The molecule has 3 amide bonds. The van der Waals surface area contributed by atoms with Crippen molar-refractivity contribution in [3.8, 4) is 5.75 Å². The quantitative estimate of drug-likeness (QED) is 0.684. The van der Waals surface area contributed by atoms with Crippen molar-refractivity contribution in [1.82, 2.24) is 10.2 Å². The lowest BCUT2D eigenvalue weighted by molar-refractivity contribution is -0.139. The molecule has 174 valence electrons. The first-order chi connectivity index (χ1) is 15.3. The Hall–Kier alpha value is -2.62. The summed E-state index contributed by atoms with van der Waals surface area (Å²) >= 11 is 0. The minimum Gasteiger partial charge on any atom is -0.497 e. The van der Waals surface area contributed by atoms with Crippen LogP contribution in [0.2, 0.25) is 0 Å². The predicted octanol–water partition coefficient (Wildman–Crippen LogP) is 0.590. The molecule has 3 saturated heterocycles. The van der Waals surface area contributed by atoms with Gasteiger partial charge >= 0.3 is 0 Å². The summed E-state index contributed by atoms with van der Waals surface area (Å²) in [5, 5.41) is 2.86. The maximum Gasteiger partial charge on any atom is 0.228 e. The normalized spacial score (nSPS) is 25.7. The molecule has 0 saturated carbocycles. The second-order valence-corrected chi connectivity index (χ2v) is 11.0. The van der Waals surface area contributed by atoms with Crippen LogP contribution in [0.25, 0.3) is 0 Å². The van der Waals surface area contributed by atoms with Gasteiger partial charge in [-0.3, -0.25) is 14.4 Å². The van der Waals surface area contributed by atoms with E-state index in [1.165, 1.54) is 0 Å². The number of carbonyl (C=O) groups excluding carboxylic acids is 3. The number of carbonyl (C=O) groups is 3. The zero-order valence-electron chi connectivity index (χ0n) is 18.2. The van der Waals surface area contributed by atoms with Crippen LogP contribution in [0.5, 0.6) is 5.75 Å². The van der Waals surface area contributed by atoms with Gasteiger partial charge in [0.25, 0.3) is 0 Å². The summed E-state index contributed by atoms with van der Waals surface area (Å²) in [6.07, 6.45) is 1.73. The zero-order chi connectivity index (χ0) is 22.9. The van der Waals surface area contributed by atoms with Gasteiger partial charge in [0, 0.05) is 43.7 Å². The summed E-state index contributed by atoms with van der Waals surface area (Å²) in [5.41, 5.74) is 0.746. The molecule has 3 heterocycles. The van der Waals surface area contributed by atoms with Crippen LogP contribution in [0.1, 0.15) is 25.7 Å². The van der Waals surface area contributed by atoms with E-state index < -0.39 is 15.8 Å². The molecule has 32 heavy (non-hydrogen) atoms. The highest BCUT2D eigenvalue weighted by Crippen LogP contribution is 2.29. The Morgan fingerprint density at radius 2 is 1.75 bits per heavy atom. The molecule has 0 bridgehead atoms. The first-order valence-electron chi connectivity index (χ1n) is 11.0. The van der Waals surface area contributed by atoms with E-state index in [-0.39, 0.29) is 47.6 Å². The van der Waals surface area contributed by atoms with Crippen molar-refractivity contribution in [3.63, 3.8) is 0 Å². The van der Waals surface area contributed by atoms with E-state index in [9.17, 15) is 22.8 Å². The molecule has 0 unspecified atom stereocenters. The van der Waals surface area contributed by atoms with Crippen molar-refractivity contribution in [2.45, 2.75) is 31.7 Å². The highest BCUT2D eigenvalue weighted by Gasteiger charge is 2.39. The number of piperidine rings is 1. The molecule has 4 rings (SSSR count). The van der Waals surface area contributed by atoms with Crippen LogP contribution in [-0.4, -0.2) is 75.3 Å². The summed E-state index contributed by atoms with van der Waals surface area (Å²) < 4.78 is 28.3. The van der Waals surface area contributed by atoms with Crippen LogP contribution >= 0.6 is 0 Å². The molecule has 3 aliphatic heterocycles. The van der Waals surface area contributed by atoms with Crippen LogP contribution in [0, 0.1) is 11.8 Å². The van der Waals surface area contributed by atoms with Gasteiger partial charge in [-0.1, -0.05) is 0 Å². The van der Waals surface area contributed by atoms with Gasteiger partial charge in [0.05, 0.1) is 24.5 Å². The predicted molar refractivity (Wildman–Crippen MR) is 118 cm³/mol. The molecular formula is C22H29N3O6S.